The molecule has 4 heteroatoms. The van der Waals surface area contributed by atoms with Crippen LogP contribution in [0.1, 0.15) is 25.0 Å². The fourth-order valence-corrected chi connectivity index (χ4v) is 1.66. The third-order valence-corrected chi connectivity index (χ3v) is 3.00. The van der Waals surface area contributed by atoms with Crippen molar-refractivity contribution in [3.8, 4) is 0 Å². The maximum Gasteiger partial charge on any atom is 0.218 e. The minimum Gasteiger partial charge on any atom is -0.387 e. The number of likely N-dealkylation sites (N-methyl/N-ethyl adjacent to an activating group) is 1. The molecule has 0 spiro atoms. The highest BCUT2D eigenvalue weighted by molar-refractivity contribution is 5.73. The number of hydrogen-bond acceptors (Lipinski definition) is 3. The molecule has 0 aromatic heterocycles. The van der Waals surface area contributed by atoms with Crippen molar-refractivity contribution in [2.24, 2.45) is 5.73 Å². The topological polar surface area (TPSA) is 66.6 Å². The summed E-state index contributed by atoms with van der Waals surface area (Å²) in [7, 11) is 1.87. The van der Waals surface area contributed by atoms with E-state index in [-0.39, 0.29) is 11.9 Å². The second-order valence-electron chi connectivity index (χ2n) is 4.29. The average molecular weight is 236 g/mol. The summed E-state index contributed by atoms with van der Waals surface area (Å²) in [6.45, 7) is 2.49. The van der Waals surface area contributed by atoms with Crippen molar-refractivity contribution in [1.29, 1.82) is 0 Å². The van der Waals surface area contributed by atoms with Crippen LogP contribution in [0.5, 0.6) is 0 Å². The van der Waals surface area contributed by atoms with Crippen molar-refractivity contribution in [2.75, 3.05) is 13.6 Å². The standard InChI is InChI=1S/C13H20N2O2/c1-10(15(2)9-8-12(14)16)13(17)11-6-4-3-5-7-11/h3-7,10,13,17H,8-9H2,1-2H3,(H2,14,16)/t10-,13+/m0/s1. The lowest BCUT2D eigenvalue weighted by atomic mass is 10.0. The zero-order chi connectivity index (χ0) is 12.8. The summed E-state index contributed by atoms with van der Waals surface area (Å²) < 4.78 is 0. The van der Waals surface area contributed by atoms with E-state index in [1.54, 1.807) is 0 Å². The first kappa shape index (κ1) is 13.7. The van der Waals surface area contributed by atoms with E-state index in [0.717, 1.165) is 5.56 Å². The van der Waals surface area contributed by atoms with Crippen molar-refractivity contribution >= 4 is 5.91 Å². The molecule has 1 aromatic rings. The van der Waals surface area contributed by atoms with Gasteiger partial charge >= 0.3 is 0 Å². The maximum absolute atomic E-state index is 10.7. The summed E-state index contributed by atoms with van der Waals surface area (Å²) in [6, 6.07) is 9.43. The van der Waals surface area contributed by atoms with Gasteiger partial charge in [-0.15, -0.1) is 0 Å². The Morgan fingerprint density at radius 1 is 1.41 bits per heavy atom. The molecule has 0 heterocycles. The van der Waals surface area contributed by atoms with Gasteiger partial charge in [-0.3, -0.25) is 4.79 Å². The van der Waals surface area contributed by atoms with Gasteiger partial charge in [0.1, 0.15) is 0 Å². The van der Waals surface area contributed by atoms with E-state index in [4.69, 9.17) is 5.73 Å². The number of benzene rings is 1. The van der Waals surface area contributed by atoms with Crippen LogP contribution in [0.4, 0.5) is 0 Å². The highest BCUT2D eigenvalue weighted by Gasteiger charge is 2.20. The van der Waals surface area contributed by atoms with E-state index in [9.17, 15) is 9.90 Å². The number of aliphatic hydroxyl groups excluding tert-OH is 1. The molecule has 1 amide bonds. The summed E-state index contributed by atoms with van der Waals surface area (Å²) in [4.78, 5) is 12.6. The first-order chi connectivity index (χ1) is 8.02. The first-order valence-corrected chi connectivity index (χ1v) is 5.74. The number of nitrogens with two attached hydrogens (primary N) is 1. The molecule has 1 rings (SSSR count). The highest BCUT2D eigenvalue weighted by Crippen LogP contribution is 2.19. The van der Waals surface area contributed by atoms with Gasteiger partial charge in [-0.05, 0) is 19.5 Å². The van der Waals surface area contributed by atoms with Gasteiger partial charge in [0.25, 0.3) is 0 Å². The molecule has 0 unspecified atom stereocenters. The Morgan fingerprint density at radius 2 is 2.00 bits per heavy atom. The molecule has 0 saturated heterocycles. The van der Waals surface area contributed by atoms with Crippen molar-refractivity contribution < 1.29 is 9.90 Å². The monoisotopic (exact) mass is 236 g/mol. The Kier molecular flexibility index (Phi) is 5.12. The molecule has 0 saturated carbocycles. The van der Waals surface area contributed by atoms with E-state index >= 15 is 0 Å². The second-order valence-corrected chi connectivity index (χ2v) is 4.29. The van der Waals surface area contributed by atoms with E-state index in [1.807, 2.05) is 49.2 Å². The first-order valence-electron chi connectivity index (χ1n) is 5.74. The molecule has 17 heavy (non-hydrogen) atoms. The van der Waals surface area contributed by atoms with Crippen LogP contribution >= 0.6 is 0 Å². The van der Waals surface area contributed by atoms with Crippen molar-refractivity contribution in [3.63, 3.8) is 0 Å². The lowest BCUT2D eigenvalue weighted by Crippen LogP contribution is -2.36. The van der Waals surface area contributed by atoms with Crippen molar-refractivity contribution in [3.05, 3.63) is 35.9 Å². The van der Waals surface area contributed by atoms with E-state index in [1.165, 1.54) is 0 Å². The maximum atomic E-state index is 10.7. The third kappa shape index (κ3) is 4.17. The van der Waals surface area contributed by atoms with Gasteiger partial charge in [-0.1, -0.05) is 30.3 Å². The predicted octanol–water partition coefficient (Wildman–Crippen LogP) is 0.916. The minimum absolute atomic E-state index is 0.0586. The molecule has 2 atom stereocenters. The van der Waals surface area contributed by atoms with E-state index < -0.39 is 6.10 Å². The van der Waals surface area contributed by atoms with Gasteiger partial charge in [0.15, 0.2) is 0 Å². The molecule has 0 fully saturated rings. The number of hydrogen-bond donors (Lipinski definition) is 2. The van der Waals surface area contributed by atoms with Crippen molar-refractivity contribution in [2.45, 2.75) is 25.5 Å². The van der Waals surface area contributed by atoms with E-state index in [2.05, 4.69) is 0 Å². The van der Waals surface area contributed by atoms with Gasteiger partial charge in [-0.2, -0.15) is 0 Å². The van der Waals surface area contributed by atoms with Crippen LogP contribution in [0.25, 0.3) is 0 Å². The van der Waals surface area contributed by atoms with E-state index in [0.29, 0.717) is 13.0 Å². The Morgan fingerprint density at radius 3 is 2.53 bits per heavy atom. The Hall–Kier alpha value is -1.39. The number of carbonyl (C=O) groups is 1. The smallest absolute Gasteiger partial charge is 0.218 e. The predicted molar refractivity (Wildman–Crippen MR) is 67.3 cm³/mol. The zero-order valence-electron chi connectivity index (χ0n) is 10.3. The van der Waals surface area contributed by atoms with Crippen LogP contribution in [-0.4, -0.2) is 35.5 Å². The lowest BCUT2D eigenvalue weighted by Gasteiger charge is -2.28. The Labute approximate surface area is 102 Å². The Balaban J connectivity index is 2.57. The van der Waals surface area contributed by atoms with Gasteiger partial charge in [0.2, 0.25) is 5.91 Å². The molecule has 0 aliphatic carbocycles. The molecular formula is C13H20N2O2. The fraction of sp³-hybridized carbons (Fsp3) is 0.462. The summed E-state index contributed by atoms with van der Waals surface area (Å²) in [6.07, 6.45) is -0.253. The summed E-state index contributed by atoms with van der Waals surface area (Å²) >= 11 is 0. The Bertz CT molecular complexity index is 354. The molecular weight excluding hydrogens is 216 g/mol. The van der Waals surface area contributed by atoms with Crippen LogP contribution in [0.3, 0.4) is 0 Å². The summed E-state index contributed by atoms with van der Waals surface area (Å²) in [5, 5.41) is 10.2. The van der Waals surface area contributed by atoms with Gasteiger partial charge in [0.05, 0.1) is 6.10 Å². The summed E-state index contributed by atoms with van der Waals surface area (Å²) in [5.74, 6) is -0.321. The molecule has 3 N–H and O–H groups in total. The lowest BCUT2D eigenvalue weighted by molar-refractivity contribution is -0.118. The SMILES string of the molecule is C[C@@H]([C@@H](O)c1ccccc1)N(C)CCC(N)=O. The number of aliphatic hydroxyl groups is 1. The van der Waals surface area contributed by atoms with Crippen LogP contribution in [0.2, 0.25) is 0 Å². The number of primary amides is 1. The molecule has 0 aliphatic heterocycles. The van der Waals surface area contributed by atoms with Gasteiger partial charge in [0, 0.05) is 19.0 Å². The van der Waals surface area contributed by atoms with Crippen LogP contribution in [0.15, 0.2) is 30.3 Å². The van der Waals surface area contributed by atoms with Gasteiger partial charge < -0.3 is 15.7 Å². The minimum atomic E-state index is -0.561. The molecule has 0 aliphatic rings. The zero-order valence-corrected chi connectivity index (χ0v) is 10.3. The fourth-order valence-electron chi connectivity index (χ4n) is 1.66. The number of carbonyl (C=O) groups excluding carboxylic acids is 1. The van der Waals surface area contributed by atoms with Crippen LogP contribution in [0, 0.1) is 0 Å². The molecule has 1 aromatic carbocycles. The number of nitrogens with zero attached hydrogens (tertiary/aromatic N) is 1. The molecule has 0 bridgehead atoms. The second kappa shape index (κ2) is 6.37. The number of amides is 1. The highest BCUT2D eigenvalue weighted by atomic mass is 16.3. The average Bonchev–Trinajstić information content (AvgIpc) is 2.35. The third-order valence-electron chi connectivity index (χ3n) is 3.00. The van der Waals surface area contributed by atoms with Gasteiger partial charge in [-0.25, -0.2) is 0 Å². The molecule has 4 nitrogen and oxygen atoms in total. The normalized spacial score (nSPS) is 14.6. The number of rotatable bonds is 6. The largest absolute Gasteiger partial charge is 0.387 e. The quantitative estimate of drug-likeness (QED) is 0.771. The molecule has 94 valence electrons. The summed E-state index contributed by atoms with van der Waals surface area (Å²) in [5.41, 5.74) is 5.98. The van der Waals surface area contributed by atoms with Crippen LogP contribution in [-0.2, 0) is 4.79 Å². The van der Waals surface area contributed by atoms with Crippen LogP contribution < -0.4 is 5.73 Å². The molecule has 0 radical (unpaired) electrons. The van der Waals surface area contributed by atoms with Crippen molar-refractivity contribution in [1.82, 2.24) is 4.90 Å².